The molecule has 0 aliphatic carbocycles. The minimum absolute atomic E-state index is 0.0206. The predicted octanol–water partition coefficient (Wildman–Crippen LogP) is -0.762. The van der Waals surface area contributed by atoms with E-state index in [1.807, 2.05) is 4.90 Å². The molecule has 2 heterocycles. The molecule has 0 radical (unpaired) electrons. The van der Waals surface area contributed by atoms with Gasteiger partial charge in [-0.05, 0) is 12.5 Å². The average molecular weight is 224 g/mol. The maximum Gasteiger partial charge on any atom is 0.227 e. The van der Waals surface area contributed by atoms with E-state index in [1.165, 1.54) is 0 Å². The second kappa shape index (κ2) is 4.63. The van der Waals surface area contributed by atoms with Gasteiger partial charge in [-0.15, -0.1) is 0 Å². The van der Waals surface area contributed by atoms with Crippen LogP contribution in [0.15, 0.2) is 12.3 Å². The van der Waals surface area contributed by atoms with Crippen molar-refractivity contribution < 1.29 is 10.2 Å². The summed E-state index contributed by atoms with van der Waals surface area (Å²) in [4.78, 5) is 10.1. The van der Waals surface area contributed by atoms with Crippen molar-refractivity contribution in [3.8, 4) is 0 Å². The van der Waals surface area contributed by atoms with Crippen LogP contribution in [0.1, 0.15) is 6.42 Å². The van der Waals surface area contributed by atoms with Crippen LogP contribution in [-0.2, 0) is 0 Å². The lowest BCUT2D eigenvalue weighted by atomic mass is 9.95. The standard InChI is InChI=1S/C10H16N4O2/c11-9-1-3-12-10(13-9)14-4-2-7(6-15)8(16)5-14/h1,3,7-8,15-16H,2,4-6H2,(H2,11,12,13)/t7-,8+/m0/s1. The van der Waals surface area contributed by atoms with Crippen LogP contribution in [0.4, 0.5) is 11.8 Å². The molecule has 1 aromatic rings. The fourth-order valence-corrected chi connectivity index (χ4v) is 1.89. The molecular formula is C10H16N4O2. The highest BCUT2D eigenvalue weighted by Gasteiger charge is 2.28. The number of aliphatic hydroxyl groups is 2. The summed E-state index contributed by atoms with van der Waals surface area (Å²) in [6, 6.07) is 1.63. The van der Waals surface area contributed by atoms with Crippen LogP contribution in [0.5, 0.6) is 0 Å². The van der Waals surface area contributed by atoms with Crippen LogP contribution in [0.2, 0.25) is 0 Å². The Hall–Kier alpha value is -1.40. The van der Waals surface area contributed by atoms with Crippen LogP contribution in [-0.4, -0.2) is 46.0 Å². The third kappa shape index (κ3) is 2.23. The van der Waals surface area contributed by atoms with Gasteiger partial charge in [-0.2, -0.15) is 4.98 Å². The zero-order valence-corrected chi connectivity index (χ0v) is 8.95. The zero-order chi connectivity index (χ0) is 11.5. The Morgan fingerprint density at radius 3 is 3.00 bits per heavy atom. The molecule has 0 amide bonds. The van der Waals surface area contributed by atoms with E-state index in [2.05, 4.69) is 9.97 Å². The van der Waals surface area contributed by atoms with Gasteiger partial charge in [-0.1, -0.05) is 0 Å². The Morgan fingerprint density at radius 1 is 1.56 bits per heavy atom. The fourth-order valence-electron chi connectivity index (χ4n) is 1.89. The SMILES string of the molecule is Nc1ccnc(N2CC[C@@H](CO)[C@H](O)C2)n1. The van der Waals surface area contributed by atoms with Gasteiger partial charge in [0.2, 0.25) is 5.95 Å². The maximum absolute atomic E-state index is 9.78. The Balaban J connectivity index is 2.07. The average Bonchev–Trinajstić information content (AvgIpc) is 2.29. The van der Waals surface area contributed by atoms with Gasteiger partial charge in [-0.25, -0.2) is 4.98 Å². The van der Waals surface area contributed by atoms with E-state index < -0.39 is 6.10 Å². The molecule has 0 unspecified atom stereocenters. The topological polar surface area (TPSA) is 95.5 Å². The molecule has 1 aliphatic rings. The van der Waals surface area contributed by atoms with Crippen LogP contribution >= 0.6 is 0 Å². The van der Waals surface area contributed by atoms with Crippen LogP contribution in [0.25, 0.3) is 0 Å². The number of β-amino-alcohol motifs (C(OH)–C–C–N with tert-alkyl or cyclic N) is 1. The zero-order valence-electron chi connectivity index (χ0n) is 8.95. The normalized spacial score (nSPS) is 25.8. The molecule has 1 saturated heterocycles. The molecule has 0 aromatic carbocycles. The third-order valence-corrected chi connectivity index (χ3v) is 2.90. The van der Waals surface area contributed by atoms with Crippen LogP contribution < -0.4 is 10.6 Å². The molecule has 0 spiro atoms. The van der Waals surface area contributed by atoms with E-state index in [-0.39, 0.29) is 12.5 Å². The Bertz CT molecular complexity index is 360. The van der Waals surface area contributed by atoms with Crippen molar-refractivity contribution in [2.75, 3.05) is 30.3 Å². The first-order valence-corrected chi connectivity index (χ1v) is 5.33. The summed E-state index contributed by atoms with van der Waals surface area (Å²) >= 11 is 0. The molecule has 1 aliphatic heterocycles. The lowest BCUT2D eigenvalue weighted by Crippen LogP contribution is -2.45. The summed E-state index contributed by atoms with van der Waals surface area (Å²) < 4.78 is 0. The van der Waals surface area contributed by atoms with Crippen molar-refractivity contribution in [1.82, 2.24) is 9.97 Å². The summed E-state index contributed by atoms with van der Waals surface area (Å²) in [6.07, 6.45) is 1.79. The number of nitrogens with two attached hydrogens (primary N) is 1. The predicted molar refractivity (Wildman–Crippen MR) is 59.9 cm³/mol. The second-order valence-electron chi connectivity index (χ2n) is 4.03. The van der Waals surface area contributed by atoms with Gasteiger partial charge in [-0.3, -0.25) is 0 Å². The molecule has 0 saturated carbocycles. The van der Waals surface area contributed by atoms with Gasteiger partial charge in [0.05, 0.1) is 6.10 Å². The van der Waals surface area contributed by atoms with Crippen molar-refractivity contribution in [2.45, 2.75) is 12.5 Å². The van der Waals surface area contributed by atoms with E-state index >= 15 is 0 Å². The number of piperidine rings is 1. The Labute approximate surface area is 93.7 Å². The monoisotopic (exact) mass is 224 g/mol. The highest BCUT2D eigenvalue weighted by molar-refractivity contribution is 5.38. The summed E-state index contributed by atoms with van der Waals surface area (Å²) in [5, 5.41) is 18.8. The van der Waals surface area contributed by atoms with Gasteiger partial charge in [0.15, 0.2) is 0 Å². The number of hydrogen-bond acceptors (Lipinski definition) is 6. The van der Waals surface area contributed by atoms with Gasteiger partial charge >= 0.3 is 0 Å². The first-order chi connectivity index (χ1) is 7.70. The number of anilines is 2. The molecule has 16 heavy (non-hydrogen) atoms. The van der Waals surface area contributed by atoms with Gasteiger partial charge < -0.3 is 20.8 Å². The fraction of sp³-hybridized carbons (Fsp3) is 0.600. The molecule has 0 bridgehead atoms. The molecule has 1 aromatic heterocycles. The van der Waals surface area contributed by atoms with Crippen LogP contribution in [0.3, 0.4) is 0 Å². The lowest BCUT2D eigenvalue weighted by Gasteiger charge is -2.35. The minimum atomic E-state index is -0.538. The van der Waals surface area contributed by atoms with E-state index in [9.17, 15) is 5.11 Å². The van der Waals surface area contributed by atoms with Crippen molar-refractivity contribution in [2.24, 2.45) is 5.92 Å². The molecule has 6 nitrogen and oxygen atoms in total. The molecular weight excluding hydrogens is 208 g/mol. The van der Waals surface area contributed by atoms with E-state index in [0.29, 0.717) is 18.3 Å². The van der Waals surface area contributed by atoms with E-state index in [1.54, 1.807) is 12.3 Å². The Kier molecular flexibility index (Phi) is 3.21. The smallest absolute Gasteiger partial charge is 0.227 e. The summed E-state index contributed by atoms with van der Waals surface area (Å²) in [6.45, 7) is 1.19. The van der Waals surface area contributed by atoms with Gasteiger partial charge in [0.1, 0.15) is 5.82 Å². The summed E-state index contributed by atoms with van der Waals surface area (Å²) in [5.41, 5.74) is 5.57. The summed E-state index contributed by atoms with van der Waals surface area (Å²) in [7, 11) is 0. The largest absolute Gasteiger partial charge is 0.396 e. The highest BCUT2D eigenvalue weighted by Crippen LogP contribution is 2.20. The second-order valence-corrected chi connectivity index (χ2v) is 4.03. The minimum Gasteiger partial charge on any atom is -0.396 e. The summed E-state index contributed by atoms with van der Waals surface area (Å²) in [5.74, 6) is 0.913. The quantitative estimate of drug-likeness (QED) is 0.611. The van der Waals surface area contributed by atoms with Crippen molar-refractivity contribution in [1.29, 1.82) is 0 Å². The van der Waals surface area contributed by atoms with Gasteiger partial charge in [0, 0.05) is 31.8 Å². The highest BCUT2D eigenvalue weighted by atomic mass is 16.3. The third-order valence-electron chi connectivity index (χ3n) is 2.90. The van der Waals surface area contributed by atoms with Crippen molar-refractivity contribution in [3.05, 3.63) is 12.3 Å². The Morgan fingerprint density at radius 2 is 2.38 bits per heavy atom. The van der Waals surface area contributed by atoms with Crippen molar-refractivity contribution in [3.63, 3.8) is 0 Å². The number of nitrogens with zero attached hydrogens (tertiary/aromatic N) is 3. The van der Waals surface area contributed by atoms with Crippen LogP contribution in [0, 0.1) is 5.92 Å². The van der Waals surface area contributed by atoms with Crippen molar-refractivity contribution >= 4 is 11.8 Å². The first-order valence-electron chi connectivity index (χ1n) is 5.33. The molecule has 6 heteroatoms. The molecule has 4 N–H and O–H groups in total. The molecule has 2 atom stereocenters. The lowest BCUT2D eigenvalue weighted by molar-refractivity contribution is 0.0544. The first kappa shape index (κ1) is 11.1. The number of aliphatic hydroxyl groups excluding tert-OH is 2. The van der Waals surface area contributed by atoms with Gasteiger partial charge in [0.25, 0.3) is 0 Å². The maximum atomic E-state index is 9.78. The number of hydrogen-bond donors (Lipinski definition) is 3. The molecule has 1 fully saturated rings. The number of nitrogen functional groups attached to an aromatic ring is 1. The molecule has 88 valence electrons. The number of rotatable bonds is 2. The van der Waals surface area contributed by atoms with E-state index in [0.717, 1.165) is 13.0 Å². The van der Waals surface area contributed by atoms with E-state index in [4.69, 9.17) is 10.8 Å². The number of aromatic nitrogens is 2. The molecule has 2 rings (SSSR count).